The molecule has 1 N–H and O–H groups in total. The van der Waals surface area contributed by atoms with Crippen LogP contribution in [0.4, 0.5) is 15.8 Å². The molecule has 8 nitrogen and oxygen atoms in total. The lowest BCUT2D eigenvalue weighted by Crippen LogP contribution is -2.49. The first kappa shape index (κ1) is 25.2. The highest BCUT2D eigenvalue weighted by Crippen LogP contribution is 2.21. The Morgan fingerprint density at radius 3 is 2.32 bits per heavy atom. The van der Waals surface area contributed by atoms with Crippen LogP contribution in [0.1, 0.15) is 23.7 Å². The normalized spacial score (nSPS) is 13.5. The molecule has 0 radical (unpaired) electrons. The van der Waals surface area contributed by atoms with Gasteiger partial charge in [-0.05, 0) is 36.4 Å². The van der Waals surface area contributed by atoms with Crippen molar-refractivity contribution < 1.29 is 23.5 Å². The van der Waals surface area contributed by atoms with Crippen LogP contribution in [-0.4, -0.2) is 80.5 Å². The Balaban J connectivity index is 1.52. The summed E-state index contributed by atoms with van der Waals surface area (Å²) < 4.78 is 19.0. The van der Waals surface area contributed by atoms with Crippen molar-refractivity contribution in [2.45, 2.75) is 13.3 Å². The van der Waals surface area contributed by atoms with Gasteiger partial charge in [0.25, 0.3) is 5.91 Å². The van der Waals surface area contributed by atoms with Crippen LogP contribution >= 0.6 is 0 Å². The summed E-state index contributed by atoms with van der Waals surface area (Å²) in [6.07, 6.45) is 0.324. The minimum Gasteiger partial charge on any atom is -0.383 e. The molecule has 2 aromatic carbocycles. The van der Waals surface area contributed by atoms with Gasteiger partial charge in [0.2, 0.25) is 11.8 Å². The predicted octanol–water partition coefficient (Wildman–Crippen LogP) is 2.61. The first-order chi connectivity index (χ1) is 16.4. The average Bonchev–Trinajstić information content (AvgIpc) is 2.86. The lowest BCUT2D eigenvalue weighted by atomic mass is 10.1. The molecule has 1 aliphatic heterocycles. The number of amides is 3. The van der Waals surface area contributed by atoms with Crippen LogP contribution in [0.2, 0.25) is 0 Å². The number of carbonyl (C=O) groups is 3. The molecule has 9 heteroatoms. The molecule has 0 spiro atoms. The van der Waals surface area contributed by atoms with E-state index in [2.05, 4.69) is 10.2 Å². The number of nitrogens with one attached hydrogen (secondary N) is 1. The third-order valence-electron chi connectivity index (χ3n) is 5.74. The van der Waals surface area contributed by atoms with Gasteiger partial charge in [-0.1, -0.05) is 19.1 Å². The van der Waals surface area contributed by atoms with E-state index >= 15 is 0 Å². The number of carbonyl (C=O) groups excluding carboxylic acids is 3. The third-order valence-corrected chi connectivity index (χ3v) is 5.74. The summed E-state index contributed by atoms with van der Waals surface area (Å²) in [4.78, 5) is 42.3. The summed E-state index contributed by atoms with van der Waals surface area (Å²) in [5.41, 5.74) is 1.70. The lowest BCUT2D eigenvalue weighted by molar-refractivity contribution is -0.135. The molecular weight excluding hydrogens is 439 g/mol. The van der Waals surface area contributed by atoms with Crippen LogP contribution in [0.3, 0.4) is 0 Å². The first-order valence-corrected chi connectivity index (χ1v) is 11.4. The van der Waals surface area contributed by atoms with Gasteiger partial charge in [0.05, 0.1) is 18.7 Å². The molecule has 1 saturated heterocycles. The topological polar surface area (TPSA) is 82.2 Å². The zero-order chi connectivity index (χ0) is 24.5. The summed E-state index contributed by atoms with van der Waals surface area (Å²) in [6.45, 7) is 4.69. The molecule has 0 atom stereocenters. The van der Waals surface area contributed by atoms with Crippen molar-refractivity contribution in [1.82, 2.24) is 9.80 Å². The number of hydrogen-bond acceptors (Lipinski definition) is 5. The number of anilines is 2. The van der Waals surface area contributed by atoms with Gasteiger partial charge in [-0.25, -0.2) is 4.39 Å². The van der Waals surface area contributed by atoms with E-state index in [0.29, 0.717) is 51.4 Å². The van der Waals surface area contributed by atoms with Gasteiger partial charge in [0.15, 0.2) is 0 Å². The number of hydrogen-bond donors (Lipinski definition) is 1. The second kappa shape index (κ2) is 12.1. The van der Waals surface area contributed by atoms with Crippen molar-refractivity contribution in [2.24, 2.45) is 0 Å². The van der Waals surface area contributed by atoms with Gasteiger partial charge >= 0.3 is 0 Å². The van der Waals surface area contributed by atoms with Crippen LogP contribution in [0, 0.1) is 5.82 Å². The van der Waals surface area contributed by atoms with Gasteiger partial charge < -0.3 is 24.8 Å². The molecule has 0 bridgehead atoms. The van der Waals surface area contributed by atoms with E-state index in [9.17, 15) is 18.8 Å². The molecule has 1 heterocycles. The smallest absolute Gasteiger partial charge is 0.256 e. The number of piperazine rings is 1. The number of nitrogens with zero attached hydrogens (tertiary/aromatic N) is 3. The lowest BCUT2D eigenvalue weighted by Gasteiger charge is -2.36. The van der Waals surface area contributed by atoms with Crippen LogP contribution in [-0.2, 0) is 14.3 Å². The van der Waals surface area contributed by atoms with Gasteiger partial charge in [-0.3, -0.25) is 14.4 Å². The molecule has 2 aromatic rings. The molecule has 1 aliphatic rings. The zero-order valence-corrected chi connectivity index (χ0v) is 19.6. The minimum absolute atomic E-state index is 0.0320. The molecule has 3 amide bonds. The minimum atomic E-state index is -0.506. The maximum Gasteiger partial charge on any atom is 0.256 e. The molecule has 182 valence electrons. The van der Waals surface area contributed by atoms with E-state index in [1.54, 1.807) is 31.1 Å². The molecule has 0 aliphatic carbocycles. The van der Waals surface area contributed by atoms with Crippen molar-refractivity contribution >= 4 is 29.1 Å². The maximum absolute atomic E-state index is 13.9. The summed E-state index contributed by atoms with van der Waals surface area (Å²) in [7, 11) is 1.55. The fraction of sp³-hybridized carbons (Fsp3) is 0.400. The molecule has 1 fully saturated rings. The highest BCUT2D eigenvalue weighted by molar-refractivity contribution is 5.95. The Kier molecular flexibility index (Phi) is 8.98. The monoisotopic (exact) mass is 470 g/mol. The summed E-state index contributed by atoms with van der Waals surface area (Å²) in [6, 6.07) is 13.5. The molecular formula is C25H31FN4O4. The number of methoxy groups -OCH3 is 1. The predicted molar refractivity (Wildman–Crippen MR) is 128 cm³/mol. The Morgan fingerprint density at radius 2 is 1.71 bits per heavy atom. The van der Waals surface area contributed by atoms with Crippen LogP contribution in [0.25, 0.3) is 0 Å². The van der Waals surface area contributed by atoms with E-state index in [4.69, 9.17) is 4.74 Å². The molecule has 0 aromatic heterocycles. The largest absolute Gasteiger partial charge is 0.383 e. The highest BCUT2D eigenvalue weighted by atomic mass is 19.1. The van der Waals surface area contributed by atoms with Crippen LogP contribution < -0.4 is 10.2 Å². The van der Waals surface area contributed by atoms with Crippen molar-refractivity contribution in [3.05, 3.63) is 59.9 Å². The van der Waals surface area contributed by atoms with Gasteiger partial charge in [-0.2, -0.15) is 0 Å². The zero-order valence-electron chi connectivity index (χ0n) is 19.6. The first-order valence-electron chi connectivity index (χ1n) is 11.4. The Hall–Kier alpha value is -3.46. The second-order valence-corrected chi connectivity index (χ2v) is 8.02. The number of halogens is 1. The van der Waals surface area contributed by atoms with Crippen LogP contribution in [0.15, 0.2) is 48.5 Å². The SMILES string of the molecule is CCC(=O)N(CCOC)CC(=O)Nc1ccc(N2CCN(C(=O)c3ccccc3F)CC2)cc1. The fourth-order valence-corrected chi connectivity index (χ4v) is 3.82. The molecule has 0 unspecified atom stereocenters. The van der Waals surface area contributed by atoms with Crippen molar-refractivity contribution in [1.29, 1.82) is 0 Å². The Morgan fingerprint density at radius 1 is 1.03 bits per heavy atom. The van der Waals surface area contributed by atoms with Crippen molar-refractivity contribution in [3.63, 3.8) is 0 Å². The third kappa shape index (κ3) is 6.54. The fourth-order valence-electron chi connectivity index (χ4n) is 3.82. The number of ether oxygens (including phenoxy) is 1. The van der Waals surface area contributed by atoms with Gasteiger partial charge in [-0.15, -0.1) is 0 Å². The van der Waals surface area contributed by atoms with Crippen molar-refractivity contribution in [3.8, 4) is 0 Å². The van der Waals surface area contributed by atoms with Crippen molar-refractivity contribution in [2.75, 3.05) is 63.2 Å². The highest BCUT2D eigenvalue weighted by Gasteiger charge is 2.24. The van der Waals surface area contributed by atoms with Gasteiger partial charge in [0, 0.05) is 57.6 Å². The second-order valence-electron chi connectivity index (χ2n) is 8.02. The Bertz CT molecular complexity index is 991. The average molecular weight is 471 g/mol. The number of rotatable bonds is 9. The quantitative estimate of drug-likeness (QED) is 0.609. The molecule has 3 rings (SSSR count). The van der Waals surface area contributed by atoms with E-state index < -0.39 is 5.82 Å². The van der Waals surface area contributed by atoms with Crippen LogP contribution in [0.5, 0.6) is 0 Å². The Labute approximate surface area is 199 Å². The van der Waals surface area contributed by atoms with E-state index in [0.717, 1.165) is 5.69 Å². The standard InChI is InChI=1S/C25H31FN4O4/c1-3-24(32)30(16-17-34-2)18-23(31)27-19-8-10-20(11-9-19)28-12-14-29(15-13-28)25(33)21-6-4-5-7-22(21)26/h4-11H,3,12-18H2,1-2H3,(H,27,31). The van der Waals surface area contributed by atoms with E-state index in [-0.39, 0.29) is 29.8 Å². The molecule has 34 heavy (non-hydrogen) atoms. The van der Waals surface area contributed by atoms with Gasteiger partial charge in [0.1, 0.15) is 5.82 Å². The summed E-state index contributed by atoms with van der Waals surface area (Å²) in [5, 5.41) is 2.82. The summed E-state index contributed by atoms with van der Waals surface area (Å²) in [5.74, 6) is -1.17. The summed E-state index contributed by atoms with van der Waals surface area (Å²) >= 11 is 0. The molecule has 0 saturated carbocycles. The number of benzene rings is 2. The van der Waals surface area contributed by atoms with E-state index in [1.807, 2.05) is 24.3 Å². The maximum atomic E-state index is 13.9. The van der Waals surface area contributed by atoms with E-state index in [1.165, 1.54) is 17.0 Å².